The van der Waals surface area contributed by atoms with E-state index in [0.717, 1.165) is 12.2 Å². The Balaban J connectivity index is 1.45. The number of aryl methyl sites for hydroxylation is 1. The molecule has 1 N–H and O–H groups in total. The average molecular weight is 331 g/mol. The number of carbonyl (C=O) groups excluding carboxylic acids is 3. The van der Waals surface area contributed by atoms with Crippen molar-refractivity contribution in [1.29, 1.82) is 0 Å². The predicted molar refractivity (Wildman–Crippen MR) is 79.2 cm³/mol. The smallest absolute Gasteiger partial charge is 0.334 e. The summed E-state index contributed by atoms with van der Waals surface area (Å²) in [6, 6.07) is 3.71. The SMILES string of the molecule is C[C@]12OC(=O)C=C(OCCCc3ccco3)[C@H]1[C@H]1C(=O)NC(=O)[C@H]12. The zero-order valence-corrected chi connectivity index (χ0v) is 13.1. The second kappa shape index (κ2) is 5.22. The zero-order valence-electron chi connectivity index (χ0n) is 13.1. The van der Waals surface area contributed by atoms with Crippen LogP contribution >= 0.6 is 0 Å². The lowest BCUT2D eigenvalue weighted by Gasteiger charge is -2.54. The molecular weight excluding hydrogens is 314 g/mol. The molecule has 2 amide bonds. The van der Waals surface area contributed by atoms with Crippen LogP contribution in [0.5, 0.6) is 0 Å². The van der Waals surface area contributed by atoms with E-state index >= 15 is 0 Å². The maximum absolute atomic E-state index is 12.0. The fourth-order valence-electron chi connectivity index (χ4n) is 4.05. The Labute approximate surface area is 138 Å². The van der Waals surface area contributed by atoms with Crippen molar-refractivity contribution in [2.24, 2.45) is 17.8 Å². The number of furan rings is 1. The first-order valence-corrected chi connectivity index (χ1v) is 7.95. The van der Waals surface area contributed by atoms with Crippen LogP contribution in [-0.4, -0.2) is 30.0 Å². The summed E-state index contributed by atoms with van der Waals surface area (Å²) in [5.41, 5.74) is -1.01. The maximum Gasteiger partial charge on any atom is 0.334 e. The van der Waals surface area contributed by atoms with Crippen LogP contribution in [-0.2, 0) is 30.3 Å². The van der Waals surface area contributed by atoms with Gasteiger partial charge in [-0.25, -0.2) is 4.79 Å². The number of hydrogen-bond donors (Lipinski definition) is 1. The molecule has 1 aliphatic carbocycles. The Hall–Kier alpha value is -2.57. The van der Waals surface area contributed by atoms with Crippen molar-refractivity contribution in [2.75, 3.05) is 6.61 Å². The normalized spacial score (nSPS) is 33.8. The van der Waals surface area contributed by atoms with Gasteiger partial charge in [0, 0.05) is 6.42 Å². The lowest BCUT2D eigenvalue weighted by Crippen LogP contribution is -2.66. The Kier molecular flexibility index (Phi) is 3.26. The first-order chi connectivity index (χ1) is 11.5. The molecule has 1 saturated carbocycles. The number of nitrogens with one attached hydrogen (secondary N) is 1. The highest BCUT2D eigenvalue weighted by Crippen LogP contribution is 2.58. The van der Waals surface area contributed by atoms with E-state index in [1.54, 1.807) is 13.2 Å². The average Bonchev–Trinajstić information content (AvgIpc) is 3.09. The van der Waals surface area contributed by atoms with E-state index in [4.69, 9.17) is 13.9 Å². The van der Waals surface area contributed by atoms with Gasteiger partial charge in [-0.1, -0.05) is 0 Å². The fraction of sp³-hybridized carbons (Fsp3) is 0.471. The van der Waals surface area contributed by atoms with Crippen molar-refractivity contribution in [1.82, 2.24) is 5.32 Å². The topological polar surface area (TPSA) is 94.8 Å². The highest BCUT2D eigenvalue weighted by molar-refractivity contribution is 6.08. The molecule has 3 heterocycles. The number of imide groups is 1. The lowest BCUT2D eigenvalue weighted by atomic mass is 9.53. The molecule has 0 bridgehead atoms. The Morgan fingerprint density at radius 1 is 1.25 bits per heavy atom. The van der Waals surface area contributed by atoms with E-state index in [2.05, 4.69) is 5.32 Å². The quantitative estimate of drug-likeness (QED) is 0.490. The Morgan fingerprint density at radius 3 is 2.83 bits per heavy atom. The molecule has 1 aromatic rings. The third kappa shape index (κ3) is 2.07. The molecule has 0 radical (unpaired) electrons. The van der Waals surface area contributed by atoms with Crippen LogP contribution in [0.2, 0.25) is 0 Å². The monoisotopic (exact) mass is 331 g/mol. The van der Waals surface area contributed by atoms with Crippen LogP contribution in [0.3, 0.4) is 0 Å². The molecular formula is C17H17NO6. The predicted octanol–water partition coefficient (Wildman–Crippen LogP) is 0.947. The molecule has 2 aliphatic heterocycles. The van der Waals surface area contributed by atoms with Crippen LogP contribution in [0.15, 0.2) is 34.6 Å². The molecule has 0 spiro atoms. The minimum Gasteiger partial charge on any atom is -0.497 e. The van der Waals surface area contributed by atoms with Gasteiger partial charge in [-0.15, -0.1) is 0 Å². The van der Waals surface area contributed by atoms with Crippen LogP contribution < -0.4 is 5.32 Å². The largest absolute Gasteiger partial charge is 0.497 e. The van der Waals surface area contributed by atoms with Gasteiger partial charge in [0.2, 0.25) is 11.8 Å². The molecule has 7 nitrogen and oxygen atoms in total. The summed E-state index contributed by atoms with van der Waals surface area (Å²) in [6.07, 6.45) is 4.33. The first kappa shape index (κ1) is 15.0. The van der Waals surface area contributed by atoms with Gasteiger partial charge in [0.1, 0.15) is 17.1 Å². The van der Waals surface area contributed by atoms with Gasteiger partial charge in [0.15, 0.2) is 0 Å². The maximum atomic E-state index is 12.0. The van der Waals surface area contributed by atoms with E-state index < -0.39 is 29.3 Å². The molecule has 2 fully saturated rings. The highest BCUT2D eigenvalue weighted by atomic mass is 16.6. The van der Waals surface area contributed by atoms with Crippen molar-refractivity contribution >= 4 is 17.8 Å². The zero-order chi connectivity index (χ0) is 16.9. The highest BCUT2D eigenvalue weighted by Gasteiger charge is 2.73. The van der Waals surface area contributed by atoms with Crippen LogP contribution in [0.4, 0.5) is 0 Å². The summed E-state index contributed by atoms with van der Waals surface area (Å²) >= 11 is 0. The molecule has 0 unspecified atom stereocenters. The van der Waals surface area contributed by atoms with Gasteiger partial charge >= 0.3 is 5.97 Å². The summed E-state index contributed by atoms with van der Waals surface area (Å²) in [7, 11) is 0. The first-order valence-electron chi connectivity index (χ1n) is 7.95. The molecule has 3 aliphatic rings. The molecule has 1 saturated heterocycles. The van der Waals surface area contributed by atoms with Gasteiger partial charge in [-0.05, 0) is 25.5 Å². The van der Waals surface area contributed by atoms with Crippen LogP contribution in [0, 0.1) is 17.8 Å². The van der Waals surface area contributed by atoms with E-state index in [0.29, 0.717) is 18.8 Å². The van der Waals surface area contributed by atoms with Gasteiger partial charge in [-0.3, -0.25) is 14.9 Å². The second-order valence-electron chi connectivity index (χ2n) is 6.52. The number of amides is 2. The summed E-state index contributed by atoms with van der Waals surface area (Å²) < 4.78 is 16.4. The number of carbonyl (C=O) groups is 3. The lowest BCUT2D eigenvalue weighted by molar-refractivity contribution is -0.211. The Bertz CT molecular complexity index is 736. The van der Waals surface area contributed by atoms with Crippen molar-refractivity contribution in [3.8, 4) is 0 Å². The molecule has 7 heteroatoms. The van der Waals surface area contributed by atoms with Gasteiger partial charge < -0.3 is 13.9 Å². The Morgan fingerprint density at radius 2 is 2.08 bits per heavy atom. The standard InChI is InChI=1S/C17H17NO6/c1-17-13(12-14(17)16(21)18-15(12)20)10(8-11(19)24-17)23-7-3-5-9-4-2-6-22-9/h2,4,6,8,12-14H,3,5,7H2,1H3,(H,18,20,21)/t12-,13+,14+,17+/m1/s1. The van der Waals surface area contributed by atoms with Crippen molar-refractivity contribution in [3.63, 3.8) is 0 Å². The summed E-state index contributed by atoms with van der Waals surface area (Å²) in [4.78, 5) is 35.8. The van der Waals surface area contributed by atoms with Crippen molar-refractivity contribution in [2.45, 2.75) is 25.4 Å². The summed E-state index contributed by atoms with van der Waals surface area (Å²) in [5.74, 6) is -1.51. The number of ether oxygens (including phenoxy) is 2. The van der Waals surface area contributed by atoms with Crippen molar-refractivity contribution < 1.29 is 28.3 Å². The summed E-state index contributed by atoms with van der Waals surface area (Å²) in [6.45, 7) is 2.08. The molecule has 1 aromatic heterocycles. The fourth-order valence-corrected chi connectivity index (χ4v) is 4.05. The minimum atomic E-state index is -1.01. The van der Waals surface area contributed by atoms with Gasteiger partial charge in [-0.2, -0.15) is 0 Å². The summed E-state index contributed by atoms with van der Waals surface area (Å²) in [5, 5.41) is 2.32. The number of esters is 1. The number of rotatable bonds is 5. The van der Waals surface area contributed by atoms with Crippen molar-refractivity contribution in [3.05, 3.63) is 36.0 Å². The number of fused-ring (bicyclic) bond motifs is 4. The molecule has 24 heavy (non-hydrogen) atoms. The molecule has 126 valence electrons. The van der Waals surface area contributed by atoms with E-state index in [1.807, 2.05) is 12.1 Å². The third-order valence-electron chi connectivity index (χ3n) is 5.09. The second-order valence-corrected chi connectivity index (χ2v) is 6.52. The van der Waals surface area contributed by atoms with Crippen LogP contribution in [0.1, 0.15) is 19.1 Å². The van der Waals surface area contributed by atoms with E-state index in [9.17, 15) is 14.4 Å². The molecule has 4 atom stereocenters. The van der Waals surface area contributed by atoms with Crippen LogP contribution in [0.25, 0.3) is 0 Å². The minimum absolute atomic E-state index is 0.324. The van der Waals surface area contributed by atoms with E-state index in [-0.39, 0.29) is 11.8 Å². The van der Waals surface area contributed by atoms with Gasteiger partial charge in [0.25, 0.3) is 0 Å². The van der Waals surface area contributed by atoms with Gasteiger partial charge in [0.05, 0.1) is 36.7 Å². The van der Waals surface area contributed by atoms with E-state index in [1.165, 1.54) is 6.08 Å². The number of hydrogen-bond acceptors (Lipinski definition) is 6. The third-order valence-corrected chi connectivity index (χ3v) is 5.09. The molecule has 0 aromatic carbocycles. The molecule has 4 rings (SSSR count).